The molecule has 0 saturated carbocycles. The van der Waals surface area contributed by atoms with E-state index in [1.165, 1.54) is 0 Å². The highest BCUT2D eigenvalue weighted by molar-refractivity contribution is 5.96. The van der Waals surface area contributed by atoms with Crippen LogP contribution in [-0.4, -0.2) is 29.6 Å². The number of nitrogens with one attached hydrogen (secondary N) is 1. The molecule has 0 spiro atoms. The van der Waals surface area contributed by atoms with E-state index in [9.17, 15) is 14.7 Å². The number of carboxylic acids is 1. The molecule has 0 aliphatic carbocycles. The minimum Gasteiger partial charge on any atom is -0.494 e. The number of hydrogen-bond acceptors (Lipinski definition) is 3. The fraction of sp³-hybridized carbons (Fsp3) is 0.500. The maximum atomic E-state index is 12.2. The Balaban J connectivity index is 2.80. The Morgan fingerprint density at radius 3 is 2.62 bits per heavy atom. The number of benzene rings is 1. The van der Waals surface area contributed by atoms with E-state index in [1.807, 2.05) is 13.8 Å². The predicted octanol–water partition coefficient (Wildman–Crippen LogP) is 2.70. The molecule has 0 fully saturated rings. The van der Waals surface area contributed by atoms with Gasteiger partial charge in [0.15, 0.2) is 0 Å². The first kappa shape index (κ1) is 17.0. The van der Waals surface area contributed by atoms with Crippen LogP contribution in [0.1, 0.15) is 44.0 Å². The molecule has 0 aliphatic rings. The lowest BCUT2D eigenvalue weighted by molar-refractivity contribution is -0.140. The Morgan fingerprint density at radius 1 is 1.33 bits per heavy atom. The van der Waals surface area contributed by atoms with Gasteiger partial charge in [-0.25, -0.2) is 4.79 Å². The van der Waals surface area contributed by atoms with Crippen LogP contribution < -0.4 is 10.1 Å². The first-order chi connectivity index (χ1) is 9.99. The number of carbonyl (C=O) groups is 2. The molecule has 1 rings (SSSR count). The zero-order valence-electron chi connectivity index (χ0n) is 12.8. The van der Waals surface area contributed by atoms with Gasteiger partial charge in [0.25, 0.3) is 5.91 Å². The van der Waals surface area contributed by atoms with E-state index in [-0.39, 0.29) is 5.92 Å². The monoisotopic (exact) mass is 293 g/mol. The molecule has 0 aromatic heterocycles. The standard InChI is InChI=1S/C16H23NO4/c1-4-9-21-13-8-6-7-12(10-13)15(18)17-14(16(19)20)11(3)5-2/h6-8,10-11,14H,4-5,9H2,1-3H3,(H,17,18)(H,19,20). The third-order valence-electron chi connectivity index (χ3n) is 3.33. The fourth-order valence-corrected chi connectivity index (χ4v) is 1.85. The summed E-state index contributed by atoms with van der Waals surface area (Å²) in [5.41, 5.74) is 0.401. The van der Waals surface area contributed by atoms with Crippen molar-refractivity contribution in [3.05, 3.63) is 29.8 Å². The minimum atomic E-state index is -1.02. The molecular weight excluding hydrogens is 270 g/mol. The molecule has 1 aromatic rings. The third kappa shape index (κ3) is 5.10. The predicted molar refractivity (Wildman–Crippen MR) is 80.6 cm³/mol. The van der Waals surface area contributed by atoms with E-state index in [1.54, 1.807) is 31.2 Å². The third-order valence-corrected chi connectivity index (χ3v) is 3.33. The molecule has 0 heterocycles. The van der Waals surface area contributed by atoms with Gasteiger partial charge in [-0.15, -0.1) is 0 Å². The molecular formula is C16H23NO4. The van der Waals surface area contributed by atoms with Gasteiger partial charge in [0, 0.05) is 5.56 Å². The summed E-state index contributed by atoms with van der Waals surface area (Å²) in [6.07, 6.45) is 1.56. The molecule has 1 amide bonds. The number of carboxylic acid groups (broad SMARTS) is 1. The lowest BCUT2D eigenvalue weighted by atomic mass is 9.99. The van der Waals surface area contributed by atoms with Crippen LogP contribution in [0, 0.1) is 5.92 Å². The quantitative estimate of drug-likeness (QED) is 0.772. The smallest absolute Gasteiger partial charge is 0.326 e. The summed E-state index contributed by atoms with van der Waals surface area (Å²) in [6, 6.07) is 5.88. The van der Waals surface area contributed by atoms with Crippen molar-refractivity contribution >= 4 is 11.9 Å². The van der Waals surface area contributed by atoms with Crippen molar-refractivity contribution in [2.24, 2.45) is 5.92 Å². The first-order valence-electron chi connectivity index (χ1n) is 7.26. The van der Waals surface area contributed by atoms with E-state index in [0.29, 0.717) is 24.3 Å². The fourth-order valence-electron chi connectivity index (χ4n) is 1.85. The molecule has 1 aromatic carbocycles. The molecule has 5 heteroatoms. The normalized spacial score (nSPS) is 13.3. The zero-order chi connectivity index (χ0) is 15.8. The summed E-state index contributed by atoms with van der Waals surface area (Å²) in [6.45, 7) is 6.28. The topological polar surface area (TPSA) is 75.6 Å². The van der Waals surface area contributed by atoms with Crippen LogP contribution in [0.3, 0.4) is 0 Å². The Morgan fingerprint density at radius 2 is 2.05 bits per heavy atom. The second kappa shape index (κ2) is 8.29. The van der Waals surface area contributed by atoms with Gasteiger partial charge in [-0.2, -0.15) is 0 Å². The van der Waals surface area contributed by atoms with Crippen molar-refractivity contribution in [1.29, 1.82) is 0 Å². The van der Waals surface area contributed by atoms with Crippen LogP contribution in [-0.2, 0) is 4.79 Å². The van der Waals surface area contributed by atoms with Gasteiger partial charge < -0.3 is 15.2 Å². The number of carbonyl (C=O) groups excluding carboxylic acids is 1. The van der Waals surface area contributed by atoms with Gasteiger partial charge in [-0.1, -0.05) is 33.3 Å². The van der Waals surface area contributed by atoms with Crippen LogP contribution >= 0.6 is 0 Å². The molecule has 2 unspecified atom stereocenters. The number of hydrogen-bond donors (Lipinski definition) is 2. The van der Waals surface area contributed by atoms with E-state index in [0.717, 1.165) is 6.42 Å². The summed E-state index contributed by atoms with van der Waals surface area (Å²) in [5.74, 6) is -0.938. The Kier molecular flexibility index (Phi) is 6.72. The molecule has 2 N–H and O–H groups in total. The maximum Gasteiger partial charge on any atom is 0.326 e. The molecule has 116 valence electrons. The number of rotatable bonds is 8. The number of amides is 1. The largest absolute Gasteiger partial charge is 0.494 e. The van der Waals surface area contributed by atoms with E-state index >= 15 is 0 Å². The highest BCUT2D eigenvalue weighted by Gasteiger charge is 2.25. The van der Waals surface area contributed by atoms with Crippen LogP contribution in [0.4, 0.5) is 0 Å². The second-order valence-corrected chi connectivity index (χ2v) is 5.05. The Hall–Kier alpha value is -2.04. The lowest BCUT2D eigenvalue weighted by Crippen LogP contribution is -2.45. The van der Waals surface area contributed by atoms with E-state index < -0.39 is 17.9 Å². The maximum absolute atomic E-state index is 12.2. The first-order valence-corrected chi connectivity index (χ1v) is 7.26. The zero-order valence-corrected chi connectivity index (χ0v) is 12.8. The van der Waals surface area contributed by atoms with Crippen molar-refractivity contribution < 1.29 is 19.4 Å². The van der Waals surface area contributed by atoms with E-state index in [4.69, 9.17) is 4.74 Å². The number of aliphatic carboxylic acids is 1. The molecule has 5 nitrogen and oxygen atoms in total. The summed E-state index contributed by atoms with van der Waals surface area (Å²) < 4.78 is 5.47. The van der Waals surface area contributed by atoms with Gasteiger partial charge >= 0.3 is 5.97 Å². The van der Waals surface area contributed by atoms with Crippen LogP contribution in [0.2, 0.25) is 0 Å². The van der Waals surface area contributed by atoms with Gasteiger partial charge in [0.2, 0.25) is 0 Å². The van der Waals surface area contributed by atoms with Gasteiger partial charge in [0.05, 0.1) is 6.61 Å². The van der Waals surface area contributed by atoms with Crippen LogP contribution in [0.25, 0.3) is 0 Å². The van der Waals surface area contributed by atoms with Crippen LogP contribution in [0.5, 0.6) is 5.75 Å². The highest BCUT2D eigenvalue weighted by atomic mass is 16.5. The highest BCUT2D eigenvalue weighted by Crippen LogP contribution is 2.15. The number of ether oxygens (including phenoxy) is 1. The molecule has 0 saturated heterocycles. The van der Waals surface area contributed by atoms with Crippen molar-refractivity contribution in [1.82, 2.24) is 5.32 Å². The summed E-state index contributed by atoms with van der Waals surface area (Å²) in [7, 11) is 0. The average Bonchev–Trinajstić information content (AvgIpc) is 2.49. The van der Waals surface area contributed by atoms with Gasteiger partial charge in [0.1, 0.15) is 11.8 Å². The SMILES string of the molecule is CCCOc1cccc(C(=O)NC(C(=O)O)C(C)CC)c1. The average molecular weight is 293 g/mol. The van der Waals surface area contributed by atoms with E-state index in [2.05, 4.69) is 5.32 Å². The summed E-state index contributed by atoms with van der Waals surface area (Å²) >= 11 is 0. The van der Waals surface area contributed by atoms with Crippen molar-refractivity contribution in [3.8, 4) is 5.75 Å². The summed E-state index contributed by atoms with van der Waals surface area (Å²) in [4.78, 5) is 23.4. The molecule has 0 aliphatic heterocycles. The second-order valence-electron chi connectivity index (χ2n) is 5.05. The van der Waals surface area contributed by atoms with Crippen LogP contribution in [0.15, 0.2) is 24.3 Å². The lowest BCUT2D eigenvalue weighted by Gasteiger charge is -2.20. The molecule has 21 heavy (non-hydrogen) atoms. The summed E-state index contributed by atoms with van der Waals surface area (Å²) in [5, 5.41) is 11.8. The molecule has 0 radical (unpaired) electrons. The molecule has 2 atom stereocenters. The van der Waals surface area contributed by atoms with Gasteiger partial charge in [-0.3, -0.25) is 4.79 Å². The van der Waals surface area contributed by atoms with Crippen molar-refractivity contribution in [3.63, 3.8) is 0 Å². The molecule has 0 bridgehead atoms. The van der Waals surface area contributed by atoms with Crippen molar-refractivity contribution in [2.45, 2.75) is 39.7 Å². The van der Waals surface area contributed by atoms with Gasteiger partial charge in [-0.05, 0) is 30.5 Å². The Bertz CT molecular complexity index is 487. The van der Waals surface area contributed by atoms with Crippen molar-refractivity contribution in [2.75, 3.05) is 6.61 Å². The minimum absolute atomic E-state index is 0.133. The Labute approximate surface area is 125 Å².